The lowest BCUT2D eigenvalue weighted by molar-refractivity contribution is -0.170. The van der Waals surface area contributed by atoms with Crippen LogP contribution in [-0.2, 0) is 9.53 Å². The molecule has 42 heavy (non-hydrogen) atoms. The first-order valence-corrected chi connectivity index (χ1v) is 18.0. The highest BCUT2D eigenvalue weighted by atomic mass is 16.5. The molecule has 0 aromatic carbocycles. The number of carbonyl (C=O) groups is 1. The van der Waals surface area contributed by atoms with Gasteiger partial charge in [-0.3, -0.25) is 4.79 Å². The van der Waals surface area contributed by atoms with Crippen LogP contribution in [0.15, 0.2) is 0 Å². The molecule has 0 amide bonds. The molecule has 4 saturated carbocycles. The molecule has 4 fully saturated rings. The standard InChI is InChI=1S/C36H68N4O2/c1-9-11-26(2)42-33(41)28-13-10-12-27(22-28)24-35(6)30-18-19-36(25-37-7,32(35)23-30)39-40(8)21-20-38-31-16-14-29(15-17-31)34(3,4)5/h26-32,37-39H,9-25H2,1-8H3. The van der Waals surface area contributed by atoms with Gasteiger partial charge in [-0.15, -0.1) is 0 Å². The van der Waals surface area contributed by atoms with Crippen molar-refractivity contribution in [2.45, 2.75) is 149 Å². The van der Waals surface area contributed by atoms with E-state index in [1.54, 1.807) is 0 Å². The molecule has 2 bridgehead atoms. The molecular formula is C36H68N4O2. The molecule has 6 nitrogen and oxygen atoms in total. The van der Waals surface area contributed by atoms with E-state index in [2.05, 4.69) is 76.7 Å². The van der Waals surface area contributed by atoms with E-state index >= 15 is 0 Å². The van der Waals surface area contributed by atoms with E-state index in [9.17, 15) is 4.79 Å². The summed E-state index contributed by atoms with van der Waals surface area (Å²) in [6, 6.07) is 0.681. The Kier molecular flexibility index (Phi) is 11.9. The fourth-order valence-electron chi connectivity index (χ4n) is 9.98. The number of fused-ring (bicyclic) bond motifs is 2. The fraction of sp³-hybridized carbons (Fsp3) is 0.972. The molecule has 0 aliphatic heterocycles. The first-order valence-electron chi connectivity index (χ1n) is 18.0. The minimum atomic E-state index is 0.0512. The largest absolute Gasteiger partial charge is 0.462 e. The summed E-state index contributed by atoms with van der Waals surface area (Å²) in [5.41, 5.74) is 5.01. The third-order valence-electron chi connectivity index (χ3n) is 12.4. The predicted octanol–water partition coefficient (Wildman–Crippen LogP) is 6.94. The fourth-order valence-corrected chi connectivity index (χ4v) is 9.98. The second-order valence-electron chi connectivity index (χ2n) is 16.6. The molecule has 4 aliphatic rings. The normalized spacial score (nSPS) is 37.7. The molecule has 7 atom stereocenters. The summed E-state index contributed by atoms with van der Waals surface area (Å²) >= 11 is 0. The average molecular weight is 589 g/mol. The van der Waals surface area contributed by atoms with Crippen LogP contribution in [0.2, 0.25) is 0 Å². The number of nitrogens with one attached hydrogen (secondary N) is 3. The molecule has 0 aromatic rings. The number of esters is 1. The Morgan fingerprint density at radius 2 is 1.81 bits per heavy atom. The smallest absolute Gasteiger partial charge is 0.309 e. The molecule has 0 aromatic heterocycles. The van der Waals surface area contributed by atoms with Crippen molar-refractivity contribution in [1.82, 2.24) is 21.1 Å². The summed E-state index contributed by atoms with van der Waals surface area (Å²) in [6.45, 7) is 17.1. The van der Waals surface area contributed by atoms with Gasteiger partial charge in [0.2, 0.25) is 0 Å². The third-order valence-corrected chi connectivity index (χ3v) is 12.4. The van der Waals surface area contributed by atoms with Crippen molar-refractivity contribution >= 4 is 5.97 Å². The lowest BCUT2D eigenvalue weighted by Gasteiger charge is -2.68. The molecule has 0 heterocycles. The van der Waals surface area contributed by atoms with E-state index in [0.717, 1.165) is 57.2 Å². The lowest BCUT2D eigenvalue weighted by atomic mass is 9.40. The van der Waals surface area contributed by atoms with E-state index in [1.807, 2.05) is 0 Å². The van der Waals surface area contributed by atoms with Gasteiger partial charge >= 0.3 is 5.97 Å². The Balaban J connectivity index is 1.29. The van der Waals surface area contributed by atoms with Crippen LogP contribution in [-0.4, -0.2) is 62.4 Å². The van der Waals surface area contributed by atoms with Crippen LogP contribution in [0.25, 0.3) is 0 Å². The SMILES string of the molecule is CCCC(C)OC(=O)C1CCCC(CC2(C)C3CCC(CNC)(NN(C)CCNC4CCC(C(C)(C)C)CC4)C2C3)C1. The van der Waals surface area contributed by atoms with Crippen molar-refractivity contribution in [1.29, 1.82) is 0 Å². The van der Waals surface area contributed by atoms with E-state index in [1.165, 1.54) is 64.2 Å². The highest BCUT2D eigenvalue weighted by Crippen LogP contribution is 2.66. The van der Waals surface area contributed by atoms with Crippen LogP contribution in [0, 0.1) is 40.4 Å². The Bertz CT molecular complexity index is 846. The second-order valence-corrected chi connectivity index (χ2v) is 16.6. The maximum Gasteiger partial charge on any atom is 0.309 e. The zero-order valence-corrected chi connectivity index (χ0v) is 28.8. The van der Waals surface area contributed by atoms with Gasteiger partial charge in [0.1, 0.15) is 0 Å². The zero-order valence-electron chi connectivity index (χ0n) is 28.8. The van der Waals surface area contributed by atoms with Crippen molar-refractivity contribution in [3.8, 4) is 0 Å². The maximum atomic E-state index is 13.0. The van der Waals surface area contributed by atoms with Crippen molar-refractivity contribution in [3.05, 3.63) is 0 Å². The average Bonchev–Trinajstić information content (AvgIpc) is 2.93. The van der Waals surface area contributed by atoms with Crippen LogP contribution in [0.4, 0.5) is 0 Å². The molecule has 4 rings (SSSR count). The number of carbonyl (C=O) groups excluding carboxylic acids is 1. The summed E-state index contributed by atoms with van der Waals surface area (Å²) in [4.78, 5) is 13.0. The highest BCUT2D eigenvalue weighted by Gasteiger charge is 2.63. The number of hydrogen-bond donors (Lipinski definition) is 3. The van der Waals surface area contributed by atoms with E-state index in [-0.39, 0.29) is 23.5 Å². The number of hydrogen-bond acceptors (Lipinski definition) is 6. The molecule has 0 spiro atoms. The third kappa shape index (κ3) is 8.12. The Hall–Kier alpha value is -0.690. The zero-order chi connectivity index (χ0) is 30.5. The van der Waals surface area contributed by atoms with Gasteiger partial charge in [-0.25, -0.2) is 10.4 Å². The summed E-state index contributed by atoms with van der Waals surface area (Å²) in [5.74, 6) is 3.21. The number of ether oxygens (including phenoxy) is 1. The first kappa shape index (κ1) is 34.2. The van der Waals surface area contributed by atoms with Gasteiger partial charge in [0.15, 0.2) is 0 Å². The van der Waals surface area contributed by atoms with Gasteiger partial charge in [-0.05, 0) is 119 Å². The number of rotatable bonds is 14. The first-order chi connectivity index (χ1) is 19.9. The van der Waals surface area contributed by atoms with Crippen LogP contribution >= 0.6 is 0 Å². The van der Waals surface area contributed by atoms with Crippen molar-refractivity contribution in [2.24, 2.45) is 40.4 Å². The van der Waals surface area contributed by atoms with Gasteiger partial charge in [0, 0.05) is 38.3 Å². The topological polar surface area (TPSA) is 65.6 Å². The van der Waals surface area contributed by atoms with Gasteiger partial charge in [0.25, 0.3) is 0 Å². The van der Waals surface area contributed by atoms with E-state index < -0.39 is 0 Å². The summed E-state index contributed by atoms with van der Waals surface area (Å²) < 4.78 is 5.85. The number of hydrazine groups is 1. The van der Waals surface area contributed by atoms with E-state index in [4.69, 9.17) is 4.74 Å². The van der Waals surface area contributed by atoms with Crippen molar-refractivity contribution < 1.29 is 9.53 Å². The maximum absolute atomic E-state index is 13.0. The highest BCUT2D eigenvalue weighted by molar-refractivity contribution is 5.72. The van der Waals surface area contributed by atoms with Crippen LogP contribution in [0.1, 0.15) is 131 Å². The summed E-state index contributed by atoms with van der Waals surface area (Å²) in [7, 11) is 4.38. The monoisotopic (exact) mass is 589 g/mol. The molecule has 0 saturated heterocycles. The quantitative estimate of drug-likeness (QED) is 0.151. The van der Waals surface area contributed by atoms with Gasteiger partial charge in [0.05, 0.1) is 12.0 Å². The molecule has 244 valence electrons. The molecule has 4 aliphatic carbocycles. The van der Waals surface area contributed by atoms with Gasteiger partial charge < -0.3 is 15.4 Å². The van der Waals surface area contributed by atoms with Crippen molar-refractivity contribution in [3.63, 3.8) is 0 Å². The summed E-state index contributed by atoms with van der Waals surface area (Å²) in [6.07, 6.45) is 17.1. The number of nitrogens with zero attached hydrogens (tertiary/aromatic N) is 1. The Morgan fingerprint density at radius 1 is 1.07 bits per heavy atom. The van der Waals surface area contributed by atoms with Crippen LogP contribution in [0.5, 0.6) is 0 Å². The molecule has 0 radical (unpaired) electrons. The molecule has 6 heteroatoms. The van der Waals surface area contributed by atoms with Gasteiger partial charge in [-0.1, -0.05) is 53.9 Å². The second kappa shape index (κ2) is 14.6. The van der Waals surface area contributed by atoms with E-state index in [0.29, 0.717) is 28.7 Å². The number of likely N-dealkylation sites (N-methyl/N-ethyl adjacent to an activating group) is 2. The Labute approximate surface area is 259 Å². The molecular weight excluding hydrogens is 520 g/mol. The van der Waals surface area contributed by atoms with Crippen molar-refractivity contribution in [2.75, 3.05) is 33.7 Å². The van der Waals surface area contributed by atoms with Crippen LogP contribution < -0.4 is 16.1 Å². The Morgan fingerprint density at radius 3 is 2.45 bits per heavy atom. The molecule has 3 N–H and O–H groups in total. The molecule has 7 unspecified atom stereocenters. The summed E-state index contributed by atoms with van der Waals surface area (Å²) in [5, 5.41) is 9.88. The lowest BCUT2D eigenvalue weighted by Crippen LogP contribution is -2.73. The predicted molar refractivity (Wildman–Crippen MR) is 175 cm³/mol. The minimum Gasteiger partial charge on any atom is -0.462 e. The van der Waals surface area contributed by atoms with Gasteiger partial charge in [-0.2, -0.15) is 0 Å². The van der Waals surface area contributed by atoms with Crippen LogP contribution in [0.3, 0.4) is 0 Å². The minimum absolute atomic E-state index is 0.0512.